The summed E-state index contributed by atoms with van der Waals surface area (Å²) in [5, 5.41) is 8.53. The van der Waals surface area contributed by atoms with E-state index in [0.29, 0.717) is 119 Å². The highest BCUT2D eigenvalue weighted by atomic mass is 127. The molecule has 14 heteroatoms. The molecule has 0 rings (SSSR count). The average molecular weight is 697 g/mol. The smallest absolute Gasteiger partial charge is 0.305 e. The molecule has 0 bridgehead atoms. The maximum absolute atomic E-state index is 11.4. The normalized spacial score (nSPS) is 11.2. The number of ether oxygens (including phenoxy) is 10. The van der Waals surface area contributed by atoms with Gasteiger partial charge in [-0.1, -0.05) is 22.6 Å². The Kier molecular flexibility index (Phi) is 33.9. The summed E-state index contributed by atoms with van der Waals surface area (Å²) in [5.41, 5.74) is 0. The molecular formula is C26H49IO13. The van der Waals surface area contributed by atoms with E-state index in [9.17, 15) is 9.59 Å². The molecule has 0 saturated carbocycles. The molecule has 0 amide bonds. The summed E-state index contributed by atoms with van der Waals surface area (Å²) in [4.78, 5) is 21.8. The second-order valence-electron chi connectivity index (χ2n) is 8.02. The fourth-order valence-corrected chi connectivity index (χ4v) is 3.06. The first-order chi connectivity index (χ1) is 19.7. The van der Waals surface area contributed by atoms with E-state index in [-0.39, 0.29) is 32.0 Å². The van der Waals surface area contributed by atoms with Gasteiger partial charge in [0, 0.05) is 17.3 Å². The maximum Gasteiger partial charge on any atom is 0.305 e. The van der Waals surface area contributed by atoms with Gasteiger partial charge < -0.3 is 52.5 Å². The Labute approximate surface area is 251 Å². The van der Waals surface area contributed by atoms with Crippen LogP contribution in [0.4, 0.5) is 0 Å². The number of unbranched alkanes of at least 4 members (excludes halogenated alkanes) is 1. The van der Waals surface area contributed by atoms with Crippen LogP contribution in [0.25, 0.3) is 0 Å². The fraction of sp³-hybridized carbons (Fsp3) is 0.923. The SMILES string of the molecule is O=C(O)CCCCC(=O)OCCOCCOCCOCCOCCOCCOCCOCCOCCOCCI. The van der Waals surface area contributed by atoms with Crippen LogP contribution in [0.1, 0.15) is 25.7 Å². The number of esters is 1. The lowest BCUT2D eigenvalue weighted by atomic mass is 10.2. The second kappa shape index (κ2) is 34.5. The summed E-state index contributed by atoms with van der Waals surface area (Å²) < 4.78 is 54.6. The Bertz CT molecular complexity index is 543. The van der Waals surface area contributed by atoms with Gasteiger partial charge in [-0.2, -0.15) is 0 Å². The first-order valence-electron chi connectivity index (χ1n) is 13.8. The third-order valence-electron chi connectivity index (χ3n) is 4.71. The Morgan fingerprint density at radius 2 is 0.700 bits per heavy atom. The second-order valence-corrected chi connectivity index (χ2v) is 9.10. The number of carboxylic acids is 1. The highest BCUT2D eigenvalue weighted by Crippen LogP contribution is 2.01. The van der Waals surface area contributed by atoms with E-state index in [1.807, 2.05) is 0 Å². The number of hydrogen-bond donors (Lipinski definition) is 1. The van der Waals surface area contributed by atoms with Crippen LogP contribution in [0.3, 0.4) is 0 Å². The Balaban J connectivity index is 3.09. The van der Waals surface area contributed by atoms with E-state index >= 15 is 0 Å². The van der Waals surface area contributed by atoms with Gasteiger partial charge >= 0.3 is 11.9 Å². The van der Waals surface area contributed by atoms with Crippen LogP contribution in [0, 0.1) is 0 Å². The molecule has 13 nitrogen and oxygen atoms in total. The van der Waals surface area contributed by atoms with Gasteiger partial charge in [0.25, 0.3) is 0 Å². The van der Waals surface area contributed by atoms with Crippen molar-refractivity contribution in [2.75, 3.05) is 130 Å². The van der Waals surface area contributed by atoms with Gasteiger partial charge in [-0.15, -0.1) is 0 Å². The van der Waals surface area contributed by atoms with Crippen molar-refractivity contribution < 1.29 is 62.1 Å². The summed E-state index contributed by atoms with van der Waals surface area (Å²) in [6.07, 6.45) is 1.25. The minimum atomic E-state index is -0.861. The number of alkyl halides is 1. The molecular weight excluding hydrogens is 647 g/mol. The first-order valence-corrected chi connectivity index (χ1v) is 15.3. The Morgan fingerprint density at radius 1 is 0.425 bits per heavy atom. The van der Waals surface area contributed by atoms with E-state index in [0.717, 1.165) is 11.0 Å². The van der Waals surface area contributed by atoms with Gasteiger partial charge in [0.05, 0.1) is 119 Å². The third kappa shape index (κ3) is 35.3. The topological polar surface area (TPSA) is 147 Å². The highest BCUT2D eigenvalue weighted by Gasteiger charge is 2.04. The highest BCUT2D eigenvalue weighted by molar-refractivity contribution is 14.1. The Morgan fingerprint density at radius 3 is 1.00 bits per heavy atom. The van der Waals surface area contributed by atoms with Crippen molar-refractivity contribution >= 4 is 34.5 Å². The summed E-state index contributed by atoms with van der Waals surface area (Å²) in [7, 11) is 0. The molecule has 0 aliphatic carbocycles. The molecule has 0 aromatic rings. The number of carbonyl (C=O) groups is 2. The van der Waals surface area contributed by atoms with Crippen molar-refractivity contribution in [2.45, 2.75) is 25.7 Å². The maximum atomic E-state index is 11.4. The predicted molar refractivity (Wildman–Crippen MR) is 153 cm³/mol. The van der Waals surface area contributed by atoms with Gasteiger partial charge in [-0.3, -0.25) is 9.59 Å². The third-order valence-corrected chi connectivity index (χ3v) is 5.15. The van der Waals surface area contributed by atoms with E-state index in [1.54, 1.807) is 0 Å². The van der Waals surface area contributed by atoms with Crippen molar-refractivity contribution in [3.63, 3.8) is 0 Å². The lowest BCUT2D eigenvalue weighted by Crippen LogP contribution is -2.15. The van der Waals surface area contributed by atoms with Crippen LogP contribution in [0.15, 0.2) is 0 Å². The summed E-state index contributed by atoms with van der Waals surface area (Å²) >= 11 is 2.27. The van der Waals surface area contributed by atoms with Crippen molar-refractivity contribution in [3.8, 4) is 0 Å². The summed E-state index contributed by atoms with van der Waals surface area (Å²) in [5.74, 6) is -1.20. The molecule has 238 valence electrons. The van der Waals surface area contributed by atoms with Gasteiger partial charge in [0.15, 0.2) is 0 Å². The largest absolute Gasteiger partial charge is 0.481 e. The molecule has 0 aromatic heterocycles. The molecule has 0 spiro atoms. The van der Waals surface area contributed by atoms with Crippen LogP contribution in [-0.4, -0.2) is 147 Å². The zero-order chi connectivity index (χ0) is 29.2. The lowest BCUT2D eigenvalue weighted by molar-refractivity contribution is -0.146. The monoisotopic (exact) mass is 696 g/mol. The van der Waals surface area contributed by atoms with Gasteiger partial charge in [0.2, 0.25) is 0 Å². The number of carboxylic acid groups (broad SMARTS) is 1. The van der Waals surface area contributed by atoms with Crippen LogP contribution in [0.5, 0.6) is 0 Å². The van der Waals surface area contributed by atoms with Gasteiger partial charge in [0.1, 0.15) is 6.61 Å². The molecule has 0 atom stereocenters. The number of rotatable bonds is 34. The summed E-state index contributed by atoms with van der Waals surface area (Å²) in [6, 6.07) is 0. The van der Waals surface area contributed by atoms with Crippen molar-refractivity contribution in [3.05, 3.63) is 0 Å². The zero-order valence-electron chi connectivity index (χ0n) is 23.7. The molecule has 0 fully saturated rings. The molecule has 0 radical (unpaired) electrons. The van der Waals surface area contributed by atoms with E-state index in [1.165, 1.54) is 0 Å². The van der Waals surface area contributed by atoms with E-state index in [2.05, 4.69) is 22.6 Å². The van der Waals surface area contributed by atoms with Crippen LogP contribution >= 0.6 is 22.6 Å². The molecule has 40 heavy (non-hydrogen) atoms. The minimum Gasteiger partial charge on any atom is -0.481 e. The average Bonchev–Trinajstić information content (AvgIpc) is 2.94. The molecule has 0 heterocycles. The molecule has 0 aliphatic heterocycles. The molecule has 0 saturated heterocycles. The van der Waals surface area contributed by atoms with Gasteiger partial charge in [-0.05, 0) is 12.8 Å². The quantitative estimate of drug-likeness (QED) is 0.0452. The van der Waals surface area contributed by atoms with E-state index < -0.39 is 5.97 Å². The van der Waals surface area contributed by atoms with Crippen LogP contribution < -0.4 is 0 Å². The number of hydrogen-bond acceptors (Lipinski definition) is 12. The first kappa shape index (κ1) is 39.3. The Hall–Kier alpha value is -0.690. The predicted octanol–water partition coefficient (Wildman–Crippen LogP) is 1.76. The van der Waals surface area contributed by atoms with Crippen molar-refractivity contribution in [1.29, 1.82) is 0 Å². The number of halogens is 1. The summed E-state index contributed by atoms with van der Waals surface area (Å²) in [6.45, 7) is 9.22. The number of aliphatic carboxylic acids is 1. The molecule has 0 aliphatic rings. The fourth-order valence-electron chi connectivity index (χ4n) is 2.75. The molecule has 0 aromatic carbocycles. The van der Waals surface area contributed by atoms with Crippen LogP contribution in [-0.2, 0) is 57.0 Å². The van der Waals surface area contributed by atoms with Crippen LogP contribution in [0.2, 0.25) is 0 Å². The zero-order valence-corrected chi connectivity index (χ0v) is 25.9. The van der Waals surface area contributed by atoms with E-state index in [4.69, 9.17) is 52.5 Å². The molecule has 1 N–H and O–H groups in total. The number of carbonyl (C=O) groups excluding carboxylic acids is 1. The van der Waals surface area contributed by atoms with Crippen molar-refractivity contribution in [1.82, 2.24) is 0 Å². The minimum absolute atomic E-state index is 0.0633. The van der Waals surface area contributed by atoms with Crippen molar-refractivity contribution in [2.24, 2.45) is 0 Å². The molecule has 0 unspecified atom stereocenters. The van der Waals surface area contributed by atoms with Gasteiger partial charge in [-0.25, -0.2) is 0 Å². The standard InChI is InChI=1S/C26H49IO13/c27-5-6-31-7-8-32-9-10-33-11-12-34-13-14-35-15-16-36-17-18-37-19-20-38-21-22-39-23-24-40-26(30)4-2-1-3-25(28)29/h1-24H2,(H,28,29). The lowest BCUT2D eigenvalue weighted by Gasteiger charge is -2.09.